The fourth-order valence-electron chi connectivity index (χ4n) is 4.55. The number of carbonyl (C=O) groups is 1. The minimum atomic E-state index is -0.259. The number of ether oxygens (including phenoxy) is 1. The molecule has 2 aromatic carbocycles. The van der Waals surface area contributed by atoms with Crippen molar-refractivity contribution < 1.29 is 9.53 Å². The van der Waals surface area contributed by atoms with Crippen LogP contribution in [0.25, 0.3) is 10.9 Å². The van der Waals surface area contributed by atoms with Crippen molar-refractivity contribution in [2.24, 2.45) is 0 Å². The van der Waals surface area contributed by atoms with E-state index in [2.05, 4.69) is 21.4 Å². The van der Waals surface area contributed by atoms with E-state index in [0.717, 1.165) is 34.3 Å². The van der Waals surface area contributed by atoms with Crippen LogP contribution in [0, 0.1) is 11.3 Å². The van der Waals surface area contributed by atoms with Gasteiger partial charge in [0.25, 0.3) is 0 Å². The van der Waals surface area contributed by atoms with Crippen molar-refractivity contribution in [1.29, 1.82) is 5.26 Å². The molecule has 4 heterocycles. The number of imidazole rings is 1. The van der Waals surface area contributed by atoms with Gasteiger partial charge < -0.3 is 19.5 Å². The Morgan fingerprint density at radius 3 is 3.03 bits per heavy atom. The molecular weight excluding hydrogens is 416 g/mol. The Balaban J connectivity index is 1.51. The average Bonchev–Trinajstić information content (AvgIpc) is 3.43. The molecule has 1 N–H and O–H groups in total. The molecule has 2 aromatic heterocycles. The van der Waals surface area contributed by atoms with Crippen LogP contribution in [0.15, 0.2) is 61.2 Å². The van der Waals surface area contributed by atoms with E-state index in [4.69, 9.17) is 4.74 Å². The first-order valence-corrected chi connectivity index (χ1v) is 10.8. The van der Waals surface area contributed by atoms with Crippen molar-refractivity contribution in [2.45, 2.75) is 25.6 Å². The largest absolute Gasteiger partial charge is 0.454 e. The minimum Gasteiger partial charge on any atom is -0.454 e. The van der Waals surface area contributed by atoms with Gasteiger partial charge in [0, 0.05) is 31.2 Å². The predicted octanol–water partition coefficient (Wildman–Crippen LogP) is 3.35. The molecule has 0 radical (unpaired) electrons. The van der Waals surface area contributed by atoms with Crippen molar-refractivity contribution >= 4 is 22.5 Å². The van der Waals surface area contributed by atoms with Gasteiger partial charge >= 0.3 is 0 Å². The number of fused-ring (bicyclic) bond motifs is 7. The molecule has 8 nitrogen and oxygen atoms in total. The van der Waals surface area contributed by atoms with Crippen LogP contribution in [0.1, 0.15) is 23.2 Å². The highest BCUT2D eigenvalue weighted by Gasteiger charge is 2.33. The standard InChI is InChI=1S/C25H20N6O2/c26-10-17-5-4-16-8-24(17)33-19-9-20-21(29-13-19)2-1-3-23(20)31-7-6-22(25(31)32)28-12-18-11-27-15-30(18)14-16/h1-5,8-9,11,13,15,22,28H,6-7,12,14H2. The molecule has 8 heteroatoms. The summed E-state index contributed by atoms with van der Waals surface area (Å²) in [5.41, 5.74) is 4.00. The van der Waals surface area contributed by atoms with Crippen LogP contribution in [0.5, 0.6) is 11.5 Å². The lowest BCUT2D eigenvalue weighted by atomic mass is 10.1. The zero-order valence-electron chi connectivity index (χ0n) is 17.7. The zero-order chi connectivity index (χ0) is 22.4. The van der Waals surface area contributed by atoms with Crippen molar-refractivity contribution in [3.63, 3.8) is 0 Å². The summed E-state index contributed by atoms with van der Waals surface area (Å²) in [4.78, 5) is 23.9. The van der Waals surface area contributed by atoms with Crippen molar-refractivity contribution in [1.82, 2.24) is 19.9 Å². The molecule has 33 heavy (non-hydrogen) atoms. The fraction of sp³-hybridized carbons (Fsp3) is 0.200. The number of rotatable bonds is 0. The molecule has 6 rings (SSSR count). The maximum absolute atomic E-state index is 13.3. The Morgan fingerprint density at radius 1 is 1.18 bits per heavy atom. The van der Waals surface area contributed by atoms with E-state index < -0.39 is 0 Å². The smallest absolute Gasteiger partial charge is 0.244 e. The van der Waals surface area contributed by atoms with E-state index in [-0.39, 0.29) is 11.9 Å². The van der Waals surface area contributed by atoms with Gasteiger partial charge in [-0.3, -0.25) is 9.78 Å². The molecular formula is C25H20N6O2. The number of carbonyl (C=O) groups excluding carboxylic acids is 1. The molecule has 1 unspecified atom stereocenters. The van der Waals surface area contributed by atoms with Gasteiger partial charge in [-0.15, -0.1) is 0 Å². The Labute approximate surface area is 190 Å². The summed E-state index contributed by atoms with van der Waals surface area (Å²) in [5, 5.41) is 13.9. The van der Waals surface area contributed by atoms with Gasteiger partial charge in [-0.25, -0.2) is 4.98 Å². The van der Waals surface area contributed by atoms with E-state index >= 15 is 0 Å². The van der Waals surface area contributed by atoms with E-state index in [1.54, 1.807) is 18.6 Å². The molecule has 4 aromatic rings. The lowest BCUT2D eigenvalue weighted by molar-refractivity contribution is -0.118. The molecule has 0 aliphatic carbocycles. The molecule has 6 bridgehead atoms. The number of amides is 1. The average molecular weight is 436 g/mol. The molecule has 2 aliphatic rings. The Morgan fingerprint density at radius 2 is 2.12 bits per heavy atom. The zero-order valence-corrected chi connectivity index (χ0v) is 17.7. The summed E-state index contributed by atoms with van der Waals surface area (Å²) in [6.45, 7) is 1.73. The maximum Gasteiger partial charge on any atom is 0.244 e. The Kier molecular flexibility index (Phi) is 4.56. The van der Waals surface area contributed by atoms with E-state index in [9.17, 15) is 10.1 Å². The first kappa shape index (κ1) is 19.5. The van der Waals surface area contributed by atoms with Crippen LogP contribution in [-0.2, 0) is 17.9 Å². The third kappa shape index (κ3) is 3.39. The number of pyridine rings is 1. The highest BCUT2D eigenvalue weighted by atomic mass is 16.5. The lowest BCUT2D eigenvalue weighted by Crippen LogP contribution is -2.38. The molecule has 1 saturated heterocycles. The monoisotopic (exact) mass is 436 g/mol. The van der Waals surface area contributed by atoms with Gasteiger partial charge in [-0.05, 0) is 42.3 Å². The number of nitriles is 1. The highest BCUT2D eigenvalue weighted by molar-refractivity contribution is 6.06. The number of anilines is 1. The summed E-state index contributed by atoms with van der Waals surface area (Å²) in [6.07, 6.45) is 5.95. The molecule has 1 atom stereocenters. The van der Waals surface area contributed by atoms with Crippen molar-refractivity contribution in [2.75, 3.05) is 11.4 Å². The molecule has 0 spiro atoms. The summed E-state index contributed by atoms with van der Waals surface area (Å²) >= 11 is 0. The third-order valence-corrected chi connectivity index (χ3v) is 6.25. The molecule has 1 amide bonds. The number of nitrogens with zero attached hydrogens (tertiary/aromatic N) is 5. The topological polar surface area (TPSA) is 96.1 Å². The minimum absolute atomic E-state index is 0.0453. The van der Waals surface area contributed by atoms with Gasteiger partial charge in [0.15, 0.2) is 0 Å². The SMILES string of the molecule is N#Cc1ccc2cc1Oc1cnc3cccc(c3c1)N1CCC(NCc3cncn3C2)C1=O. The fourth-order valence-corrected chi connectivity index (χ4v) is 4.55. The number of hydrogen-bond acceptors (Lipinski definition) is 6. The number of nitrogens with one attached hydrogen (secondary N) is 1. The van der Waals surface area contributed by atoms with E-state index in [1.165, 1.54) is 0 Å². The Hall–Kier alpha value is -4.22. The van der Waals surface area contributed by atoms with Gasteiger partial charge in [-0.2, -0.15) is 5.26 Å². The first-order chi connectivity index (χ1) is 16.2. The first-order valence-electron chi connectivity index (χ1n) is 10.8. The third-order valence-electron chi connectivity index (χ3n) is 6.25. The maximum atomic E-state index is 13.3. The summed E-state index contributed by atoms with van der Waals surface area (Å²) in [6, 6.07) is 15.2. The molecule has 1 fully saturated rings. The lowest BCUT2D eigenvalue weighted by Gasteiger charge is -2.20. The van der Waals surface area contributed by atoms with Crippen molar-refractivity contribution in [3.05, 3.63) is 78.0 Å². The van der Waals surface area contributed by atoms with Crippen LogP contribution in [0.2, 0.25) is 0 Å². The van der Waals surface area contributed by atoms with Crippen LogP contribution in [-0.4, -0.2) is 33.0 Å². The quantitative estimate of drug-likeness (QED) is 0.454. The normalized spacial score (nSPS) is 17.6. The van der Waals surface area contributed by atoms with E-state index in [0.29, 0.717) is 36.7 Å². The second-order valence-electron chi connectivity index (χ2n) is 8.28. The van der Waals surface area contributed by atoms with Crippen LogP contribution < -0.4 is 15.0 Å². The second-order valence-corrected chi connectivity index (χ2v) is 8.28. The van der Waals surface area contributed by atoms with Gasteiger partial charge in [-0.1, -0.05) is 12.1 Å². The van der Waals surface area contributed by atoms with Gasteiger partial charge in [0.2, 0.25) is 5.91 Å². The summed E-state index contributed by atoms with van der Waals surface area (Å²) in [7, 11) is 0. The highest BCUT2D eigenvalue weighted by Crippen LogP contribution is 2.34. The second kappa shape index (κ2) is 7.73. The van der Waals surface area contributed by atoms with Crippen LogP contribution in [0.3, 0.4) is 0 Å². The van der Waals surface area contributed by atoms with E-state index in [1.807, 2.05) is 52.1 Å². The van der Waals surface area contributed by atoms with Gasteiger partial charge in [0.1, 0.15) is 17.6 Å². The summed E-state index contributed by atoms with van der Waals surface area (Å²) in [5.74, 6) is 1.03. The van der Waals surface area contributed by atoms with Crippen LogP contribution in [0.4, 0.5) is 5.69 Å². The number of aromatic nitrogens is 3. The molecule has 162 valence electrons. The Bertz CT molecular complexity index is 1440. The summed E-state index contributed by atoms with van der Waals surface area (Å²) < 4.78 is 8.18. The number of benzene rings is 2. The molecule has 0 saturated carbocycles. The number of hydrogen-bond donors (Lipinski definition) is 1. The van der Waals surface area contributed by atoms with Crippen LogP contribution >= 0.6 is 0 Å². The van der Waals surface area contributed by atoms with Crippen molar-refractivity contribution in [3.8, 4) is 17.6 Å². The van der Waals surface area contributed by atoms with Gasteiger partial charge in [0.05, 0.1) is 41.0 Å². The predicted molar refractivity (Wildman–Crippen MR) is 122 cm³/mol. The molecule has 2 aliphatic heterocycles.